The van der Waals surface area contributed by atoms with Crippen LogP contribution in [-0.2, 0) is 4.79 Å². The van der Waals surface area contributed by atoms with Crippen LogP contribution in [0.3, 0.4) is 0 Å². The zero-order chi connectivity index (χ0) is 25.5. The maximum absolute atomic E-state index is 12.5. The molecule has 36 heavy (non-hydrogen) atoms. The first kappa shape index (κ1) is 25.9. The standard InChI is InChI=1S/C24H20Br2N6O3S/c1-2-35-19-7-5-18(6-8-19)32-23(15-4-3-9-27-12-15)30-31-24(32)36-14-21(33)29-28-13-16-10-17(25)11-20(26)22(16)34/h3-13,34H,2,14H2,1H3,(H,29,33)/b28-13-. The lowest BCUT2D eigenvalue weighted by atomic mass is 10.2. The van der Waals surface area contributed by atoms with Crippen LogP contribution in [0.15, 0.2) is 80.1 Å². The van der Waals surface area contributed by atoms with Crippen LogP contribution in [0.1, 0.15) is 12.5 Å². The molecule has 184 valence electrons. The lowest BCUT2D eigenvalue weighted by Crippen LogP contribution is -2.20. The molecule has 0 unspecified atom stereocenters. The Bertz CT molecular complexity index is 1380. The number of nitrogens with one attached hydrogen (secondary N) is 1. The molecular formula is C24H20Br2N6O3S. The average Bonchev–Trinajstić information content (AvgIpc) is 3.31. The monoisotopic (exact) mass is 630 g/mol. The number of aromatic hydroxyl groups is 1. The number of carbonyl (C=O) groups is 1. The number of phenolic OH excluding ortho intramolecular Hbond substituents is 1. The Balaban J connectivity index is 1.51. The summed E-state index contributed by atoms with van der Waals surface area (Å²) in [5.41, 5.74) is 4.53. The number of hydrogen-bond donors (Lipinski definition) is 2. The summed E-state index contributed by atoms with van der Waals surface area (Å²) in [7, 11) is 0. The van der Waals surface area contributed by atoms with Gasteiger partial charge in [0.1, 0.15) is 11.5 Å². The minimum Gasteiger partial charge on any atom is -0.506 e. The lowest BCUT2D eigenvalue weighted by molar-refractivity contribution is -0.118. The molecule has 2 N–H and O–H groups in total. The topological polar surface area (TPSA) is 115 Å². The zero-order valence-electron chi connectivity index (χ0n) is 18.9. The van der Waals surface area contributed by atoms with Crippen LogP contribution in [-0.4, -0.2) is 49.3 Å². The van der Waals surface area contributed by atoms with Crippen LogP contribution < -0.4 is 10.2 Å². The van der Waals surface area contributed by atoms with E-state index in [9.17, 15) is 9.90 Å². The number of ether oxygens (including phenoxy) is 1. The van der Waals surface area contributed by atoms with Crippen LogP contribution in [0.5, 0.6) is 11.5 Å². The second kappa shape index (κ2) is 12.2. The fourth-order valence-corrected chi connectivity index (χ4v) is 5.16. The predicted octanol–water partition coefficient (Wildman–Crippen LogP) is 5.20. The van der Waals surface area contributed by atoms with Gasteiger partial charge in [-0.2, -0.15) is 5.10 Å². The predicted molar refractivity (Wildman–Crippen MR) is 146 cm³/mol. The Morgan fingerprint density at radius 2 is 2.03 bits per heavy atom. The van der Waals surface area contributed by atoms with Gasteiger partial charge in [0.25, 0.3) is 5.91 Å². The summed E-state index contributed by atoms with van der Waals surface area (Å²) < 4.78 is 8.69. The Morgan fingerprint density at radius 1 is 1.22 bits per heavy atom. The molecule has 9 nitrogen and oxygen atoms in total. The van der Waals surface area contributed by atoms with Crippen molar-refractivity contribution in [2.45, 2.75) is 12.1 Å². The maximum atomic E-state index is 12.5. The van der Waals surface area contributed by atoms with Crippen molar-refractivity contribution < 1.29 is 14.6 Å². The third-order valence-corrected chi connectivity index (χ3v) is 6.73. The van der Waals surface area contributed by atoms with Crippen LogP contribution >= 0.6 is 43.6 Å². The quantitative estimate of drug-likeness (QED) is 0.148. The van der Waals surface area contributed by atoms with Gasteiger partial charge in [-0.05, 0) is 71.4 Å². The lowest BCUT2D eigenvalue weighted by Gasteiger charge is -2.11. The van der Waals surface area contributed by atoms with Gasteiger partial charge in [0.05, 0.1) is 23.0 Å². The van der Waals surface area contributed by atoms with E-state index < -0.39 is 0 Å². The maximum Gasteiger partial charge on any atom is 0.250 e. The average molecular weight is 632 g/mol. The molecule has 2 heterocycles. The van der Waals surface area contributed by atoms with E-state index in [-0.39, 0.29) is 17.4 Å². The highest BCUT2D eigenvalue weighted by Gasteiger charge is 2.17. The molecule has 0 bridgehead atoms. The minimum atomic E-state index is -0.339. The van der Waals surface area contributed by atoms with Gasteiger partial charge in [0.2, 0.25) is 0 Å². The third-order valence-electron chi connectivity index (χ3n) is 4.74. The molecular weight excluding hydrogens is 612 g/mol. The van der Waals surface area contributed by atoms with Crippen molar-refractivity contribution in [2.24, 2.45) is 5.10 Å². The number of halogens is 2. The number of hydrogen-bond acceptors (Lipinski definition) is 8. The molecule has 0 aliphatic heterocycles. The summed E-state index contributed by atoms with van der Waals surface area (Å²) in [4.78, 5) is 16.6. The van der Waals surface area contributed by atoms with E-state index in [1.54, 1.807) is 24.5 Å². The van der Waals surface area contributed by atoms with Crippen molar-refractivity contribution in [3.05, 3.63) is 75.4 Å². The van der Waals surface area contributed by atoms with Crippen LogP contribution in [0.25, 0.3) is 17.1 Å². The number of benzene rings is 2. The van der Waals surface area contributed by atoms with E-state index in [2.05, 4.69) is 57.6 Å². The summed E-state index contributed by atoms with van der Waals surface area (Å²) in [6, 6.07) is 14.7. The number of rotatable bonds is 9. The molecule has 4 rings (SSSR count). The first-order valence-corrected chi connectivity index (χ1v) is 13.2. The van der Waals surface area contributed by atoms with Gasteiger partial charge in [0, 0.05) is 33.7 Å². The summed E-state index contributed by atoms with van der Waals surface area (Å²) >= 11 is 7.84. The van der Waals surface area contributed by atoms with Gasteiger partial charge < -0.3 is 9.84 Å². The number of pyridine rings is 1. The second-order valence-corrected chi connectivity index (χ2v) is 9.93. The molecule has 0 radical (unpaired) electrons. The number of phenols is 1. The van der Waals surface area contributed by atoms with Crippen LogP contribution in [0.4, 0.5) is 0 Å². The van der Waals surface area contributed by atoms with Gasteiger partial charge in [0.15, 0.2) is 11.0 Å². The molecule has 0 spiro atoms. The molecule has 2 aromatic heterocycles. The Kier molecular flexibility index (Phi) is 8.73. The molecule has 1 amide bonds. The Hall–Kier alpha value is -3.22. The van der Waals surface area contributed by atoms with Crippen molar-refractivity contribution >= 4 is 55.7 Å². The van der Waals surface area contributed by atoms with E-state index in [1.807, 2.05) is 47.9 Å². The summed E-state index contributed by atoms with van der Waals surface area (Å²) in [5.74, 6) is 1.09. The molecule has 0 aliphatic carbocycles. The van der Waals surface area contributed by atoms with Crippen molar-refractivity contribution in [1.29, 1.82) is 0 Å². The Labute approximate surface area is 228 Å². The van der Waals surface area contributed by atoms with Gasteiger partial charge >= 0.3 is 0 Å². The van der Waals surface area contributed by atoms with Crippen molar-refractivity contribution in [3.8, 4) is 28.6 Å². The minimum absolute atomic E-state index is 0.0250. The normalized spacial score (nSPS) is 11.1. The van der Waals surface area contributed by atoms with E-state index in [0.717, 1.165) is 21.5 Å². The number of carbonyl (C=O) groups excluding carboxylic acids is 1. The summed E-state index contributed by atoms with van der Waals surface area (Å²) in [6.45, 7) is 2.50. The molecule has 0 saturated heterocycles. The van der Waals surface area contributed by atoms with Gasteiger partial charge in [-0.1, -0.05) is 27.7 Å². The summed E-state index contributed by atoms with van der Waals surface area (Å²) in [6.07, 6.45) is 4.77. The highest BCUT2D eigenvalue weighted by atomic mass is 79.9. The number of nitrogens with zero attached hydrogens (tertiary/aromatic N) is 5. The van der Waals surface area contributed by atoms with E-state index in [4.69, 9.17) is 4.74 Å². The second-order valence-electron chi connectivity index (χ2n) is 7.22. The fraction of sp³-hybridized carbons (Fsp3) is 0.125. The van der Waals surface area contributed by atoms with Gasteiger partial charge in [-0.25, -0.2) is 5.43 Å². The number of thioether (sulfide) groups is 1. The molecule has 0 aliphatic rings. The molecule has 0 saturated carbocycles. The first-order chi connectivity index (χ1) is 17.5. The van der Waals surface area contributed by atoms with Gasteiger partial charge in [-0.3, -0.25) is 14.3 Å². The van der Waals surface area contributed by atoms with Crippen molar-refractivity contribution in [3.63, 3.8) is 0 Å². The molecule has 2 aromatic carbocycles. The van der Waals surface area contributed by atoms with Crippen molar-refractivity contribution in [1.82, 2.24) is 25.2 Å². The molecule has 0 fully saturated rings. The third kappa shape index (κ3) is 6.31. The van der Waals surface area contributed by atoms with Gasteiger partial charge in [-0.15, -0.1) is 10.2 Å². The zero-order valence-corrected chi connectivity index (χ0v) is 22.9. The fourth-order valence-electron chi connectivity index (χ4n) is 3.16. The largest absolute Gasteiger partial charge is 0.506 e. The van der Waals surface area contributed by atoms with E-state index in [0.29, 0.717) is 27.6 Å². The summed E-state index contributed by atoms with van der Waals surface area (Å²) in [5, 5.41) is 23.3. The van der Waals surface area contributed by atoms with Crippen LogP contribution in [0.2, 0.25) is 0 Å². The van der Waals surface area contributed by atoms with Crippen molar-refractivity contribution in [2.75, 3.05) is 12.4 Å². The molecule has 0 atom stereocenters. The number of amides is 1. The highest BCUT2D eigenvalue weighted by molar-refractivity contribution is 9.11. The van der Waals surface area contributed by atoms with E-state index >= 15 is 0 Å². The Morgan fingerprint density at radius 3 is 2.75 bits per heavy atom. The number of aromatic nitrogens is 4. The number of hydrazone groups is 1. The highest BCUT2D eigenvalue weighted by Crippen LogP contribution is 2.31. The van der Waals surface area contributed by atoms with Crippen LogP contribution in [0, 0.1) is 0 Å². The smallest absolute Gasteiger partial charge is 0.250 e. The SMILES string of the molecule is CCOc1ccc(-n2c(SCC(=O)N/N=C\c3cc(Br)cc(Br)c3O)nnc2-c2cccnc2)cc1. The van der Waals surface area contributed by atoms with E-state index in [1.165, 1.54) is 18.0 Å². The molecule has 12 heteroatoms. The first-order valence-electron chi connectivity index (χ1n) is 10.7. The molecule has 4 aromatic rings.